The summed E-state index contributed by atoms with van der Waals surface area (Å²) >= 11 is 0. The molecular formula is C29H39FN4O5. The van der Waals surface area contributed by atoms with Crippen LogP contribution in [0.4, 0.5) is 10.1 Å². The molecule has 2 heterocycles. The minimum atomic E-state index is -0.673. The molecular weight excluding hydrogens is 503 g/mol. The number of anilines is 1. The second-order valence-electron chi connectivity index (χ2n) is 11.4. The number of amides is 2. The number of oxazole rings is 1. The monoisotopic (exact) mass is 542 g/mol. The molecule has 3 atom stereocenters. The average molecular weight is 543 g/mol. The number of aromatic nitrogens is 1. The van der Waals surface area contributed by atoms with E-state index >= 15 is 0 Å². The molecule has 3 aliphatic rings. The SMILES string of the molecule is COC(=O)c1nc2ccc(NC(=O)[C@@H]3[C@H](C4CCCCC4)CCN3C(=O)C3CCC([C@H](N)CF)CC3)cc2o1. The minimum absolute atomic E-state index is 0.0362. The third-order valence-electron chi connectivity index (χ3n) is 9.17. The minimum Gasteiger partial charge on any atom is -0.462 e. The number of methoxy groups -OCH3 is 1. The van der Waals surface area contributed by atoms with Crippen molar-refractivity contribution in [3.8, 4) is 0 Å². The number of esters is 1. The van der Waals surface area contributed by atoms with E-state index in [1.807, 2.05) is 4.90 Å². The lowest BCUT2D eigenvalue weighted by Gasteiger charge is -2.36. The third-order valence-corrected chi connectivity index (χ3v) is 9.17. The average Bonchev–Trinajstić information content (AvgIpc) is 3.61. The summed E-state index contributed by atoms with van der Waals surface area (Å²) in [4.78, 5) is 45.4. The molecule has 3 N–H and O–H groups in total. The molecule has 0 spiro atoms. The van der Waals surface area contributed by atoms with Gasteiger partial charge in [-0.1, -0.05) is 32.1 Å². The van der Waals surface area contributed by atoms with E-state index in [0.717, 1.165) is 44.9 Å². The Kier molecular flexibility index (Phi) is 8.49. The molecule has 5 rings (SSSR count). The number of fused-ring (bicyclic) bond motifs is 1. The van der Waals surface area contributed by atoms with Crippen molar-refractivity contribution >= 4 is 34.6 Å². The molecule has 0 unspecified atom stereocenters. The van der Waals surface area contributed by atoms with Gasteiger partial charge < -0.3 is 25.1 Å². The van der Waals surface area contributed by atoms with Crippen LogP contribution in [-0.2, 0) is 14.3 Å². The predicted molar refractivity (Wildman–Crippen MR) is 144 cm³/mol. The van der Waals surface area contributed by atoms with E-state index in [2.05, 4.69) is 15.0 Å². The molecule has 1 aromatic heterocycles. The number of likely N-dealkylation sites (tertiary alicyclic amines) is 1. The quantitative estimate of drug-likeness (QED) is 0.495. The van der Waals surface area contributed by atoms with Crippen molar-refractivity contribution in [1.82, 2.24) is 9.88 Å². The van der Waals surface area contributed by atoms with Crippen LogP contribution < -0.4 is 11.1 Å². The van der Waals surface area contributed by atoms with Crippen LogP contribution in [0.2, 0.25) is 0 Å². The maximum atomic E-state index is 13.9. The molecule has 1 saturated heterocycles. The fraction of sp³-hybridized carbons (Fsp3) is 0.655. The highest BCUT2D eigenvalue weighted by Gasteiger charge is 2.47. The van der Waals surface area contributed by atoms with Crippen LogP contribution in [0, 0.1) is 23.7 Å². The number of rotatable bonds is 7. The number of ether oxygens (including phenoxy) is 1. The molecule has 0 bridgehead atoms. The molecule has 3 fully saturated rings. The smallest absolute Gasteiger partial charge is 0.394 e. The number of carbonyl (C=O) groups excluding carboxylic acids is 3. The Morgan fingerprint density at radius 1 is 1.13 bits per heavy atom. The number of carbonyl (C=O) groups is 3. The topological polar surface area (TPSA) is 128 Å². The molecule has 2 aliphatic carbocycles. The zero-order valence-corrected chi connectivity index (χ0v) is 22.6. The highest BCUT2D eigenvalue weighted by Crippen LogP contribution is 2.41. The van der Waals surface area contributed by atoms with Crippen LogP contribution in [0.25, 0.3) is 11.1 Å². The molecule has 2 aromatic rings. The maximum absolute atomic E-state index is 13.9. The number of hydrogen-bond donors (Lipinski definition) is 2. The standard InChI is InChI=1S/C29H39FN4O5/c1-38-29(37)27-33-23-12-11-20(15-24(23)39-27)32-26(35)25-21(17-5-3-2-4-6-17)13-14-34(25)28(36)19-9-7-18(8-10-19)22(31)16-30/h11-12,15,17-19,21-22,25H,2-10,13-14,16,31H2,1H3,(H,32,35)/t18?,19?,21-,22+,25-/m0/s1. The van der Waals surface area contributed by atoms with Gasteiger partial charge in [-0.3, -0.25) is 9.59 Å². The van der Waals surface area contributed by atoms with Gasteiger partial charge in [0.2, 0.25) is 11.8 Å². The van der Waals surface area contributed by atoms with E-state index in [1.165, 1.54) is 13.5 Å². The van der Waals surface area contributed by atoms with Crippen molar-refractivity contribution in [1.29, 1.82) is 0 Å². The van der Waals surface area contributed by atoms with Gasteiger partial charge in [0.15, 0.2) is 5.58 Å². The Balaban J connectivity index is 1.34. The first-order chi connectivity index (χ1) is 18.9. The van der Waals surface area contributed by atoms with Gasteiger partial charge in [-0.15, -0.1) is 0 Å². The number of nitrogens with one attached hydrogen (secondary N) is 1. The molecule has 2 amide bonds. The molecule has 1 aliphatic heterocycles. The van der Waals surface area contributed by atoms with E-state index in [1.54, 1.807) is 18.2 Å². The summed E-state index contributed by atoms with van der Waals surface area (Å²) < 4.78 is 23.3. The van der Waals surface area contributed by atoms with Crippen molar-refractivity contribution in [3.05, 3.63) is 24.1 Å². The molecule has 2 saturated carbocycles. The summed E-state index contributed by atoms with van der Waals surface area (Å²) in [5.74, 6) is -0.495. The summed E-state index contributed by atoms with van der Waals surface area (Å²) in [5, 5.41) is 3.02. The van der Waals surface area contributed by atoms with Crippen molar-refractivity contribution in [2.24, 2.45) is 29.4 Å². The van der Waals surface area contributed by atoms with Gasteiger partial charge in [-0.2, -0.15) is 0 Å². The van der Waals surface area contributed by atoms with Crippen molar-refractivity contribution in [2.45, 2.75) is 76.3 Å². The zero-order chi connectivity index (χ0) is 27.5. The lowest BCUT2D eigenvalue weighted by Crippen LogP contribution is -2.50. The van der Waals surface area contributed by atoms with Crippen LogP contribution in [-0.4, -0.2) is 60.1 Å². The number of alkyl halides is 1. The van der Waals surface area contributed by atoms with Crippen molar-refractivity contribution < 1.29 is 27.9 Å². The Morgan fingerprint density at radius 2 is 1.87 bits per heavy atom. The first-order valence-corrected chi connectivity index (χ1v) is 14.3. The second kappa shape index (κ2) is 12.0. The van der Waals surface area contributed by atoms with Crippen LogP contribution in [0.15, 0.2) is 22.6 Å². The van der Waals surface area contributed by atoms with E-state index in [0.29, 0.717) is 42.1 Å². The number of nitrogens with two attached hydrogens (primary N) is 1. The number of benzene rings is 1. The van der Waals surface area contributed by atoms with Crippen molar-refractivity contribution in [2.75, 3.05) is 25.6 Å². The van der Waals surface area contributed by atoms with Gasteiger partial charge in [-0.25, -0.2) is 14.2 Å². The summed E-state index contributed by atoms with van der Waals surface area (Å²) in [5.41, 5.74) is 7.29. The van der Waals surface area contributed by atoms with Crippen LogP contribution in [0.1, 0.15) is 74.9 Å². The van der Waals surface area contributed by atoms with E-state index in [9.17, 15) is 18.8 Å². The van der Waals surface area contributed by atoms with Gasteiger partial charge in [0.1, 0.15) is 18.2 Å². The fourth-order valence-electron chi connectivity index (χ4n) is 7.00. The van der Waals surface area contributed by atoms with E-state index in [4.69, 9.17) is 10.2 Å². The highest BCUT2D eigenvalue weighted by molar-refractivity contribution is 5.99. The Bertz CT molecular complexity index is 1190. The summed E-state index contributed by atoms with van der Waals surface area (Å²) in [7, 11) is 1.25. The molecule has 1 aromatic carbocycles. The van der Waals surface area contributed by atoms with Gasteiger partial charge in [-0.05, 0) is 62.0 Å². The number of hydrogen-bond acceptors (Lipinski definition) is 7. The Labute approximate surface area is 228 Å². The van der Waals surface area contributed by atoms with Crippen LogP contribution in [0.5, 0.6) is 0 Å². The second-order valence-corrected chi connectivity index (χ2v) is 11.4. The first-order valence-electron chi connectivity index (χ1n) is 14.3. The van der Waals surface area contributed by atoms with Gasteiger partial charge in [0.05, 0.1) is 7.11 Å². The van der Waals surface area contributed by atoms with Gasteiger partial charge in [0.25, 0.3) is 0 Å². The maximum Gasteiger partial charge on any atom is 0.394 e. The highest BCUT2D eigenvalue weighted by atomic mass is 19.1. The Morgan fingerprint density at radius 3 is 2.56 bits per heavy atom. The summed E-state index contributed by atoms with van der Waals surface area (Å²) in [6.07, 6.45) is 9.37. The van der Waals surface area contributed by atoms with Gasteiger partial charge >= 0.3 is 11.9 Å². The van der Waals surface area contributed by atoms with Crippen molar-refractivity contribution in [3.63, 3.8) is 0 Å². The number of halogens is 1. The Hall–Kier alpha value is -3.01. The summed E-state index contributed by atoms with van der Waals surface area (Å²) in [6, 6.07) is 4.03. The van der Waals surface area contributed by atoms with E-state index in [-0.39, 0.29) is 35.5 Å². The largest absolute Gasteiger partial charge is 0.462 e. The normalized spacial score (nSPS) is 26.9. The zero-order valence-electron chi connectivity index (χ0n) is 22.6. The third kappa shape index (κ3) is 5.81. The van der Waals surface area contributed by atoms with Gasteiger partial charge in [0, 0.05) is 30.3 Å². The molecule has 39 heavy (non-hydrogen) atoms. The lowest BCUT2D eigenvalue weighted by atomic mass is 9.76. The molecule has 0 radical (unpaired) electrons. The lowest BCUT2D eigenvalue weighted by molar-refractivity contribution is -0.142. The molecule has 9 nitrogen and oxygen atoms in total. The first kappa shape index (κ1) is 27.6. The molecule has 10 heteroatoms. The van der Waals surface area contributed by atoms with Crippen LogP contribution >= 0.6 is 0 Å². The fourth-order valence-corrected chi connectivity index (χ4v) is 7.00. The van der Waals surface area contributed by atoms with Crippen LogP contribution in [0.3, 0.4) is 0 Å². The predicted octanol–water partition coefficient (Wildman–Crippen LogP) is 4.45. The number of nitrogens with zero attached hydrogens (tertiary/aromatic N) is 2. The summed E-state index contributed by atoms with van der Waals surface area (Å²) in [6.45, 7) is 0.0379. The van der Waals surface area contributed by atoms with E-state index < -0.39 is 24.7 Å². The molecule has 212 valence electrons.